The van der Waals surface area contributed by atoms with Crippen molar-refractivity contribution >= 4 is 17.7 Å². The standard InChI is InChI=1S/C21H26N2OS/c1-16(22)19-8-5-13-23(14-19)21(24)18-9-11-20(12-10-18)25-15-17-6-3-2-4-7-17/h2-4,6-7,9-12,16,19H,5,8,13-15,22H2,1H3. The molecule has 0 spiro atoms. The fourth-order valence-electron chi connectivity index (χ4n) is 3.24. The van der Waals surface area contributed by atoms with E-state index in [2.05, 4.69) is 24.3 Å². The summed E-state index contributed by atoms with van der Waals surface area (Å²) in [4.78, 5) is 15.9. The largest absolute Gasteiger partial charge is 0.338 e. The number of amides is 1. The first-order valence-corrected chi connectivity index (χ1v) is 9.93. The number of carbonyl (C=O) groups is 1. The number of hydrogen-bond donors (Lipinski definition) is 1. The molecule has 4 heteroatoms. The van der Waals surface area contributed by atoms with Crippen LogP contribution in [-0.2, 0) is 5.75 Å². The van der Waals surface area contributed by atoms with Gasteiger partial charge in [-0.2, -0.15) is 0 Å². The van der Waals surface area contributed by atoms with Gasteiger partial charge >= 0.3 is 0 Å². The Hall–Kier alpha value is -1.78. The molecule has 2 aromatic carbocycles. The molecule has 0 saturated carbocycles. The highest BCUT2D eigenvalue weighted by Crippen LogP contribution is 2.24. The van der Waals surface area contributed by atoms with Crippen molar-refractivity contribution in [3.05, 3.63) is 65.7 Å². The van der Waals surface area contributed by atoms with Gasteiger partial charge in [0.25, 0.3) is 5.91 Å². The van der Waals surface area contributed by atoms with Crippen LogP contribution in [0.1, 0.15) is 35.7 Å². The maximum Gasteiger partial charge on any atom is 0.253 e. The summed E-state index contributed by atoms with van der Waals surface area (Å²) >= 11 is 1.79. The van der Waals surface area contributed by atoms with E-state index in [1.807, 2.05) is 42.2 Å². The van der Waals surface area contributed by atoms with E-state index in [1.165, 1.54) is 10.5 Å². The number of piperidine rings is 1. The summed E-state index contributed by atoms with van der Waals surface area (Å²) in [5.74, 6) is 1.49. The van der Waals surface area contributed by atoms with Crippen molar-refractivity contribution in [2.75, 3.05) is 13.1 Å². The summed E-state index contributed by atoms with van der Waals surface area (Å²) in [6.07, 6.45) is 2.17. The molecule has 2 unspecified atom stereocenters. The van der Waals surface area contributed by atoms with E-state index in [0.717, 1.165) is 37.2 Å². The Morgan fingerprint density at radius 3 is 2.60 bits per heavy atom. The van der Waals surface area contributed by atoms with Crippen LogP contribution in [0.25, 0.3) is 0 Å². The summed E-state index contributed by atoms with van der Waals surface area (Å²) in [5, 5.41) is 0. The van der Waals surface area contributed by atoms with Gasteiger partial charge in [0, 0.05) is 35.3 Å². The third-order valence-electron chi connectivity index (χ3n) is 4.84. The zero-order valence-corrected chi connectivity index (χ0v) is 15.5. The third-order valence-corrected chi connectivity index (χ3v) is 5.92. The van der Waals surface area contributed by atoms with Crippen molar-refractivity contribution in [2.45, 2.75) is 36.5 Å². The quantitative estimate of drug-likeness (QED) is 0.820. The highest BCUT2D eigenvalue weighted by molar-refractivity contribution is 7.98. The first-order chi connectivity index (χ1) is 12.1. The van der Waals surface area contributed by atoms with E-state index in [0.29, 0.717) is 5.92 Å². The molecule has 2 atom stereocenters. The Morgan fingerprint density at radius 2 is 1.92 bits per heavy atom. The van der Waals surface area contributed by atoms with Crippen molar-refractivity contribution in [1.82, 2.24) is 4.90 Å². The van der Waals surface area contributed by atoms with Gasteiger partial charge in [0.2, 0.25) is 0 Å². The smallest absolute Gasteiger partial charge is 0.253 e. The van der Waals surface area contributed by atoms with Crippen LogP contribution in [0.5, 0.6) is 0 Å². The highest BCUT2D eigenvalue weighted by atomic mass is 32.2. The lowest BCUT2D eigenvalue weighted by molar-refractivity contribution is 0.0661. The Bertz CT molecular complexity index is 685. The number of nitrogens with two attached hydrogens (primary N) is 1. The van der Waals surface area contributed by atoms with E-state index in [-0.39, 0.29) is 11.9 Å². The average Bonchev–Trinajstić information content (AvgIpc) is 2.67. The van der Waals surface area contributed by atoms with Crippen LogP contribution in [0.3, 0.4) is 0 Å². The molecule has 1 heterocycles. The van der Waals surface area contributed by atoms with Crippen LogP contribution in [0.15, 0.2) is 59.5 Å². The van der Waals surface area contributed by atoms with Crippen molar-refractivity contribution in [3.8, 4) is 0 Å². The fraction of sp³-hybridized carbons (Fsp3) is 0.381. The average molecular weight is 355 g/mol. The SMILES string of the molecule is CC(N)C1CCCN(C(=O)c2ccc(SCc3ccccc3)cc2)C1. The third kappa shape index (κ3) is 4.86. The van der Waals surface area contributed by atoms with Crippen LogP contribution in [0.4, 0.5) is 0 Å². The molecule has 1 aliphatic rings. The van der Waals surface area contributed by atoms with E-state index >= 15 is 0 Å². The van der Waals surface area contributed by atoms with Crippen LogP contribution < -0.4 is 5.73 Å². The molecule has 25 heavy (non-hydrogen) atoms. The second kappa shape index (κ2) is 8.54. The van der Waals surface area contributed by atoms with Gasteiger partial charge in [-0.3, -0.25) is 4.79 Å². The molecule has 0 radical (unpaired) electrons. The summed E-state index contributed by atoms with van der Waals surface area (Å²) in [6, 6.07) is 18.6. The molecule has 0 bridgehead atoms. The van der Waals surface area contributed by atoms with Gasteiger partial charge in [0.05, 0.1) is 0 Å². The van der Waals surface area contributed by atoms with Crippen LogP contribution in [0.2, 0.25) is 0 Å². The Balaban J connectivity index is 1.58. The molecule has 1 fully saturated rings. The second-order valence-corrected chi connectivity index (χ2v) is 7.86. The number of rotatable bonds is 5. The van der Waals surface area contributed by atoms with Crippen molar-refractivity contribution < 1.29 is 4.79 Å². The lowest BCUT2D eigenvalue weighted by Crippen LogP contribution is -2.45. The molecule has 1 aliphatic heterocycles. The van der Waals surface area contributed by atoms with E-state index in [9.17, 15) is 4.79 Å². The Labute approximate surface area is 154 Å². The minimum Gasteiger partial charge on any atom is -0.338 e. The number of likely N-dealkylation sites (tertiary alicyclic amines) is 1. The summed E-state index contributed by atoms with van der Waals surface area (Å²) in [7, 11) is 0. The van der Waals surface area contributed by atoms with Crippen molar-refractivity contribution in [1.29, 1.82) is 0 Å². The maximum atomic E-state index is 12.7. The van der Waals surface area contributed by atoms with Crippen molar-refractivity contribution in [3.63, 3.8) is 0 Å². The van der Waals surface area contributed by atoms with Gasteiger partial charge in [-0.15, -0.1) is 11.8 Å². The molecule has 0 aliphatic carbocycles. The van der Waals surface area contributed by atoms with Gasteiger partial charge in [-0.05, 0) is 55.5 Å². The van der Waals surface area contributed by atoms with Crippen molar-refractivity contribution in [2.24, 2.45) is 11.7 Å². The van der Waals surface area contributed by atoms with Crippen LogP contribution >= 0.6 is 11.8 Å². The van der Waals surface area contributed by atoms with Gasteiger partial charge in [0.15, 0.2) is 0 Å². The molecular formula is C21H26N2OS. The Kier molecular flexibility index (Phi) is 6.16. The van der Waals surface area contributed by atoms with Gasteiger partial charge in [-0.1, -0.05) is 30.3 Å². The Morgan fingerprint density at radius 1 is 1.20 bits per heavy atom. The van der Waals surface area contributed by atoms with Gasteiger partial charge < -0.3 is 10.6 Å². The first kappa shape index (κ1) is 18.0. The minimum absolute atomic E-state index is 0.130. The summed E-state index contributed by atoms with van der Waals surface area (Å²) < 4.78 is 0. The molecule has 3 rings (SSSR count). The van der Waals surface area contributed by atoms with Gasteiger partial charge in [0.1, 0.15) is 0 Å². The first-order valence-electron chi connectivity index (χ1n) is 8.95. The molecular weight excluding hydrogens is 328 g/mol. The fourth-order valence-corrected chi connectivity index (χ4v) is 4.10. The van der Waals surface area contributed by atoms with Gasteiger partial charge in [-0.25, -0.2) is 0 Å². The normalized spacial score (nSPS) is 18.8. The van der Waals surface area contributed by atoms with E-state index < -0.39 is 0 Å². The molecule has 1 saturated heterocycles. The molecule has 1 amide bonds. The molecule has 2 N–H and O–H groups in total. The topological polar surface area (TPSA) is 46.3 Å². The molecule has 3 nitrogen and oxygen atoms in total. The lowest BCUT2D eigenvalue weighted by Gasteiger charge is -2.34. The molecule has 0 aromatic heterocycles. The highest BCUT2D eigenvalue weighted by Gasteiger charge is 2.26. The number of carbonyl (C=O) groups excluding carboxylic acids is 1. The summed E-state index contributed by atoms with van der Waals surface area (Å²) in [6.45, 7) is 3.66. The van der Waals surface area contributed by atoms with Crippen LogP contribution in [0, 0.1) is 5.92 Å². The van der Waals surface area contributed by atoms with E-state index in [1.54, 1.807) is 11.8 Å². The zero-order valence-electron chi connectivity index (χ0n) is 14.7. The predicted octanol–water partition coefficient (Wildman–Crippen LogP) is 4.18. The zero-order chi connectivity index (χ0) is 17.6. The molecule has 132 valence electrons. The summed E-state index contributed by atoms with van der Waals surface area (Å²) in [5.41, 5.74) is 8.11. The lowest BCUT2D eigenvalue weighted by atomic mass is 9.92. The maximum absolute atomic E-state index is 12.7. The second-order valence-electron chi connectivity index (χ2n) is 6.81. The van der Waals surface area contributed by atoms with E-state index in [4.69, 9.17) is 5.73 Å². The number of hydrogen-bond acceptors (Lipinski definition) is 3. The molecule has 2 aromatic rings. The number of thioether (sulfide) groups is 1. The van der Waals surface area contributed by atoms with Crippen LogP contribution in [-0.4, -0.2) is 29.9 Å². The number of benzene rings is 2. The predicted molar refractivity (Wildman–Crippen MR) is 105 cm³/mol. The number of nitrogens with zero attached hydrogens (tertiary/aromatic N) is 1. The monoisotopic (exact) mass is 354 g/mol. The minimum atomic E-state index is 0.130.